The maximum absolute atomic E-state index is 6.67. The monoisotopic (exact) mass is 332 g/mol. The van der Waals surface area contributed by atoms with Gasteiger partial charge in [-0.25, -0.2) is 0 Å². The van der Waals surface area contributed by atoms with E-state index in [-0.39, 0.29) is 24.1 Å². The minimum Gasteiger partial charge on any atom is -0.404 e. The molecule has 1 aliphatic heterocycles. The van der Waals surface area contributed by atoms with Gasteiger partial charge in [-0.2, -0.15) is 0 Å². The number of aryl methyl sites for hydroxylation is 1. The van der Waals surface area contributed by atoms with Gasteiger partial charge in [0.05, 0.1) is 17.0 Å². The molecule has 4 fully saturated rings. The molecule has 3 aliphatic carbocycles. The highest BCUT2D eigenvalue weighted by atomic mass is 35.5. The summed E-state index contributed by atoms with van der Waals surface area (Å²) in [5.41, 5.74) is 2.73. The van der Waals surface area contributed by atoms with Crippen LogP contribution in [0, 0.1) is 24.2 Å². The average molecular weight is 333 g/mol. The van der Waals surface area contributed by atoms with Gasteiger partial charge in [0.25, 0.3) is 0 Å². The van der Waals surface area contributed by atoms with E-state index in [0.717, 1.165) is 18.8 Å². The van der Waals surface area contributed by atoms with Gasteiger partial charge in [0.2, 0.25) is 0 Å². The summed E-state index contributed by atoms with van der Waals surface area (Å²) in [7, 11) is -0.289. The van der Waals surface area contributed by atoms with Crippen molar-refractivity contribution in [1.29, 1.82) is 0 Å². The van der Waals surface area contributed by atoms with E-state index >= 15 is 0 Å². The van der Waals surface area contributed by atoms with Gasteiger partial charge in [0, 0.05) is 0 Å². The molecule has 5 atom stereocenters. The number of rotatable bonds is 3. The highest BCUT2D eigenvalue weighted by Gasteiger charge is 2.68. The van der Waals surface area contributed by atoms with Crippen LogP contribution in [0.2, 0.25) is 0 Å². The lowest BCUT2D eigenvalue weighted by atomic mass is 9.43. The topological polar surface area (TPSA) is 18.5 Å². The van der Waals surface area contributed by atoms with Crippen LogP contribution < -0.4 is 0 Å². The van der Waals surface area contributed by atoms with Crippen LogP contribution >= 0.6 is 11.6 Å². The standard InChI is InChI=1S/C19H26BClO2/c1-12-5-7-13(8-6-12)9-17(21)20-22-16-11-14-10-15(18(14,2)3)19(16,4)23-20/h5-8,14-17H,9-11H2,1-4H3/t14?,15-,16+,17+,19-/m0/s1. The van der Waals surface area contributed by atoms with E-state index < -0.39 is 0 Å². The van der Waals surface area contributed by atoms with Gasteiger partial charge in [0.15, 0.2) is 0 Å². The first kappa shape index (κ1) is 16.0. The van der Waals surface area contributed by atoms with Crippen LogP contribution in [0.1, 0.15) is 44.7 Å². The lowest BCUT2D eigenvalue weighted by Gasteiger charge is -2.64. The van der Waals surface area contributed by atoms with Crippen LogP contribution in [0.3, 0.4) is 0 Å². The molecule has 0 aromatic heterocycles. The molecule has 4 aliphatic rings. The molecule has 0 radical (unpaired) electrons. The van der Waals surface area contributed by atoms with Crippen LogP contribution in [-0.2, 0) is 15.7 Å². The molecule has 124 valence electrons. The Labute approximate surface area is 145 Å². The molecule has 2 bridgehead atoms. The number of hydrogen-bond acceptors (Lipinski definition) is 2. The largest absolute Gasteiger partial charge is 0.477 e. The molecular weight excluding hydrogens is 306 g/mol. The summed E-state index contributed by atoms with van der Waals surface area (Å²) in [6.07, 6.45) is 3.39. The van der Waals surface area contributed by atoms with Crippen molar-refractivity contribution in [2.45, 2.75) is 63.9 Å². The van der Waals surface area contributed by atoms with E-state index in [1.165, 1.54) is 17.5 Å². The fourth-order valence-corrected chi connectivity index (χ4v) is 5.39. The minimum atomic E-state index is -0.289. The zero-order valence-corrected chi connectivity index (χ0v) is 15.3. The molecule has 4 heteroatoms. The fraction of sp³-hybridized carbons (Fsp3) is 0.684. The quantitative estimate of drug-likeness (QED) is 0.603. The first-order valence-corrected chi connectivity index (χ1v) is 9.27. The third kappa shape index (κ3) is 2.39. The van der Waals surface area contributed by atoms with Crippen molar-refractivity contribution < 1.29 is 9.31 Å². The van der Waals surface area contributed by atoms with E-state index in [9.17, 15) is 0 Å². The molecule has 1 aromatic rings. The molecule has 0 amide bonds. The zero-order valence-electron chi connectivity index (χ0n) is 14.5. The first-order valence-electron chi connectivity index (χ1n) is 8.83. The van der Waals surface area contributed by atoms with Gasteiger partial charge in [-0.05, 0) is 55.9 Å². The second kappa shape index (κ2) is 5.24. The van der Waals surface area contributed by atoms with Crippen LogP contribution in [0.15, 0.2) is 24.3 Å². The van der Waals surface area contributed by atoms with Crippen LogP contribution in [-0.4, -0.2) is 24.1 Å². The molecule has 2 nitrogen and oxygen atoms in total. The average Bonchev–Trinajstić information content (AvgIpc) is 2.86. The van der Waals surface area contributed by atoms with Gasteiger partial charge in [-0.3, -0.25) is 0 Å². The molecule has 23 heavy (non-hydrogen) atoms. The Kier molecular flexibility index (Phi) is 3.65. The summed E-state index contributed by atoms with van der Waals surface area (Å²) in [5, 5.41) is -0.138. The van der Waals surface area contributed by atoms with Crippen LogP contribution in [0.5, 0.6) is 0 Å². The Balaban J connectivity index is 1.47. The van der Waals surface area contributed by atoms with Crippen molar-refractivity contribution in [3.8, 4) is 0 Å². The van der Waals surface area contributed by atoms with Crippen molar-refractivity contribution in [3.05, 3.63) is 35.4 Å². The molecule has 5 rings (SSSR count). The SMILES string of the molecule is Cc1ccc(C[C@@H](Cl)B2O[C@@H]3CC4C[C@@H](C4(C)C)[C@]3(C)O2)cc1. The number of benzene rings is 1. The van der Waals surface area contributed by atoms with Gasteiger partial charge in [-0.15, -0.1) is 11.6 Å². The third-order valence-corrected chi connectivity index (χ3v) is 7.18. The highest BCUT2D eigenvalue weighted by Crippen LogP contribution is 2.65. The van der Waals surface area contributed by atoms with Crippen molar-refractivity contribution in [3.63, 3.8) is 0 Å². The number of hydrogen-bond donors (Lipinski definition) is 0. The summed E-state index contributed by atoms with van der Waals surface area (Å²) in [4.78, 5) is 0. The summed E-state index contributed by atoms with van der Waals surface area (Å²) >= 11 is 6.67. The van der Waals surface area contributed by atoms with Crippen LogP contribution in [0.25, 0.3) is 0 Å². The maximum atomic E-state index is 6.67. The van der Waals surface area contributed by atoms with Crippen molar-refractivity contribution >= 4 is 18.7 Å². The molecule has 3 saturated carbocycles. The van der Waals surface area contributed by atoms with E-state index in [1.54, 1.807) is 0 Å². The van der Waals surface area contributed by atoms with Crippen molar-refractivity contribution in [1.82, 2.24) is 0 Å². The Hall–Kier alpha value is -0.505. The van der Waals surface area contributed by atoms with Gasteiger partial charge in [-0.1, -0.05) is 43.7 Å². The Morgan fingerprint density at radius 2 is 1.91 bits per heavy atom. The van der Waals surface area contributed by atoms with E-state index in [0.29, 0.717) is 11.3 Å². The van der Waals surface area contributed by atoms with Crippen molar-refractivity contribution in [2.24, 2.45) is 17.3 Å². The summed E-state index contributed by atoms with van der Waals surface area (Å²) in [6.45, 7) is 9.11. The zero-order chi connectivity index (χ0) is 16.4. The lowest BCUT2D eigenvalue weighted by Crippen LogP contribution is -2.65. The van der Waals surface area contributed by atoms with E-state index in [2.05, 4.69) is 52.0 Å². The summed E-state index contributed by atoms with van der Waals surface area (Å²) in [5.74, 6) is 1.37. The third-order valence-electron chi connectivity index (χ3n) is 6.82. The first-order chi connectivity index (χ1) is 10.8. The number of halogens is 1. The Bertz CT molecular complexity index is 602. The van der Waals surface area contributed by atoms with Gasteiger partial charge >= 0.3 is 7.12 Å². The normalized spacial score (nSPS) is 38.8. The maximum Gasteiger partial charge on any atom is 0.477 e. The Morgan fingerprint density at radius 3 is 2.57 bits per heavy atom. The molecule has 1 heterocycles. The molecule has 1 saturated heterocycles. The minimum absolute atomic E-state index is 0.138. The van der Waals surface area contributed by atoms with Gasteiger partial charge in [0.1, 0.15) is 0 Å². The fourth-order valence-electron chi connectivity index (χ4n) is 5.10. The van der Waals surface area contributed by atoms with Crippen LogP contribution in [0.4, 0.5) is 0 Å². The Morgan fingerprint density at radius 1 is 1.22 bits per heavy atom. The van der Waals surface area contributed by atoms with Crippen molar-refractivity contribution in [2.75, 3.05) is 0 Å². The molecule has 0 N–H and O–H groups in total. The summed E-state index contributed by atoms with van der Waals surface area (Å²) < 4.78 is 12.7. The smallest absolute Gasteiger partial charge is 0.404 e. The predicted octanol–water partition coefficient (Wildman–Crippen LogP) is 4.41. The van der Waals surface area contributed by atoms with E-state index in [4.69, 9.17) is 20.9 Å². The number of alkyl halides is 1. The second-order valence-electron chi connectivity index (χ2n) is 8.54. The molecular formula is C19H26BClO2. The summed E-state index contributed by atoms with van der Waals surface area (Å²) in [6, 6.07) is 8.56. The molecule has 0 spiro atoms. The second-order valence-corrected chi connectivity index (χ2v) is 9.10. The molecule has 1 aromatic carbocycles. The molecule has 1 unspecified atom stereocenters. The lowest BCUT2D eigenvalue weighted by molar-refractivity contribution is -0.199. The van der Waals surface area contributed by atoms with E-state index in [1.807, 2.05) is 0 Å². The van der Waals surface area contributed by atoms with Gasteiger partial charge < -0.3 is 9.31 Å². The highest BCUT2D eigenvalue weighted by molar-refractivity contribution is 6.60. The predicted molar refractivity (Wildman–Crippen MR) is 94.6 cm³/mol.